The molecule has 0 saturated carbocycles. The summed E-state index contributed by atoms with van der Waals surface area (Å²) in [6, 6.07) is 9.67. The number of benzene rings is 2. The van der Waals surface area contributed by atoms with Crippen molar-refractivity contribution in [3.05, 3.63) is 68.2 Å². The predicted octanol–water partition coefficient (Wildman–Crippen LogP) is 4.47. The van der Waals surface area contributed by atoms with Crippen LogP contribution in [0.3, 0.4) is 0 Å². The molecule has 2 rings (SSSR count). The summed E-state index contributed by atoms with van der Waals surface area (Å²) >= 11 is 12.2. The molecule has 2 nitrogen and oxygen atoms in total. The first-order valence-electron chi connectivity index (χ1n) is 6.42. The van der Waals surface area contributed by atoms with Gasteiger partial charge in [0.25, 0.3) is 0 Å². The minimum absolute atomic E-state index is 0.134. The van der Waals surface area contributed by atoms with Crippen molar-refractivity contribution < 1.29 is 0 Å². The fourth-order valence-corrected chi connectivity index (χ4v) is 2.94. The Bertz CT molecular complexity index is 618. The zero-order chi connectivity index (χ0) is 14.9. The van der Waals surface area contributed by atoms with E-state index in [1.165, 1.54) is 16.7 Å². The molecule has 0 radical (unpaired) electrons. The third-order valence-corrected chi connectivity index (χ3v) is 4.01. The zero-order valence-electron chi connectivity index (χ0n) is 11.8. The van der Waals surface area contributed by atoms with Gasteiger partial charge in [-0.15, -0.1) is 0 Å². The monoisotopic (exact) mass is 308 g/mol. The van der Waals surface area contributed by atoms with E-state index in [1.54, 1.807) is 6.07 Å². The van der Waals surface area contributed by atoms with Crippen molar-refractivity contribution in [1.82, 2.24) is 5.43 Å². The minimum Gasteiger partial charge on any atom is -0.271 e. The van der Waals surface area contributed by atoms with Crippen molar-refractivity contribution >= 4 is 23.2 Å². The molecule has 20 heavy (non-hydrogen) atoms. The highest BCUT2D eigenvalue weighted by Gasteiger charge is 2.16. The number of hydrazine groups is 1. The molecule has 2 aromatic rings. The van der Waals surface area contributed by atoms with E-state index in [-0.39, 0.29) is 6.04 Å². The number of halogens is 2. The Labute approximate surface area is 129 Å². The van der Waals surface area contributed by atoms with Gasteiger partial charge in [0, 0.05) is 10.0 Å². The molecule has 1 atom stereocenters. The fraction of sp³-hybridized carbons (Fsp3) is 0.250. The quantitative estimate of drug-likeness (QED) is 0.648. The molecule has 0 saturated heterocycles. The van der Waals surface area contributed by atoms with Crippen LogP contribution in [-0.4, -0.2) is 0 Å². The van der Waals surface area contributed by atoms with E-state index < -0.39 is 0 Å². The third-order valence-electron chi connectivity index (χ3n) is 3.58. The van der Waals surface area contributed by atoms with Gasteiger partial charge in [-0.25, -0.2) is 5.43 Å². The Morgan fingerprint density at radius 1 is 0.850 bits per heavy atom. The molecule has 0 aromatic heterocycles. The summed E-state index contributed by atoms with van der Waals surface area (Å²) in [4.78, 5) is 0. The van der Waals surface area contributed by atoms with Crippen LogP contribution in [0.5, 0.6) is 0 Å². The van der Waals surface area contributed by atoms with E-state index in [4.69, 9.17) is 29.0 Å². The van der Waals surface area contributed by atoms with E-state index in [0.29, 0.717) is 10.0 Å². The van der Waals surface area contributed by atoms with Crippen LogP contribution >= 0.6 is 23.2 Å². The van der Waals surface area contributed by atoms with Gasteiger partial charge in [-0.1, -0.05) is 35.3 Å². The fourth-order valence-electron chi connectivity index (χ4n) is 2.40. The van der Waals surface area contributed by atoms with Gasteiger partial charge >= 0.3 is 0 Å². The summed E-state index contributed by atoms with van der Waals surface area (Å²) < 4.78 is 0. The molecule has 0 aliphatic carbocycles. The maximum absolute atomic E-state index is 6.08. The van der Waals surface area contributed by atoms with Crippen LogP contribution in [0.15, 0.2) is 30.3 Å². The standard InChI is InChI=1S/C16H18Cl2N2/c1-9-4-11(3)15(5-10(9)2)16(20-19)12-6-13(17)8-14(18)7-12/h4-8,16,20H,19H2,1-3H3. The van der Waals surface area contributed by atoms with Gasteiger partial charge in [-0.3, -0.25) is 5.84 Å². The smallest absolute Gasteiger partial charge is 0.0713 e. The summed E-state index contributed by atoms with van der Waals surface area (Å²) in [5, 5.41) is 1.21. The molecule has 0 amide bonds. The van der Waals surface area contributed by atoms with Gasteiger partial charge < -0.3 is 0 Å². The molecule has 0 fully saturated rings. The minimum atomic E-state index is -0.134. The lowest BCUT2D eigenvalue weighted by Gasteiger charge is -2.21. The maximum atomic E-state index is 6.08. The number of hydrogen-bond donors (Lipinski definition) is 2. The molecule has 0 aliphatic heterocycles. The first-order valence-corrected chi connectivity index (χ1v) is 7.18. The second-order valence-electron chi connectivity index (χ2n) is 5.10. The Balaban J connectivity index is 2.55. The van der Waals surface area contributed by atoms with Gasteiger partial charge in [0.2, 0.25) is 0 Å². The number of hydrogen-bond acceptors (Lipinski definition) is 2. The van der Waals surface area contributed by atoms with Crippen molar-refractivity contribution in [1.29, 1.82) is 0 Å². The average molecular weight is 309 g/mol. The van der Waals surface area contributed by atoms with Crippen LogP contribution in [0.1, 0.15) is 33.9 Å². The summed E-state index contributed by atoms with van der Waals surface area (Å²) in [5.74, 6) is 5.76. The lowest BCUT2D eigenvalue weighted by molar-refractivity contribution is 0.633. The Morgan fingerprint density at radius 3 is 1.95 bits per heavy atom. The van der Waals surface area contributed by atoms with Crippen LogP contribution in [0.4, 0.5) is 0 Å². The van der Waals surface area contributed by atoms with E-state index in [9.17, 15) is 0 Å². The lowest BCUT2D eigenvalue weighted by Crippen LogP contribution is -2.29. The Morgan fingerprint density at radius 2 is 1.40 bits per heavy atom. The molecule has 0 spiro atoms. The second-order valence-corrected chi connectivity index (χ2v) is 5.97. The number of aryl methyl sites for hydroxylation is 3. The molecule has 3 N–H and O–H groups in total. The van der Waals surface area contributed by atoms with Gasteiger partial charge in [0.15, 0.2) is 0 Å². The molecule has 0 bridgehead atoms. The largest absolute Gasteiger partial charge is 0.271 e. The summed E-state index contributed by atoms with van der Waals surface area (Å²) in [5.41, 5.74) is 8.64. The summed E-state index contributed by atoms with van der Waals surface area (Å²) in [6.45, 7) is 6.28. The molecular formula is C16H18Cl2N2. The summed E-state index contributed by atoms with van der Waals surface area (Å²) in [7, 11) is 0. The molecule has 0 heterocycles. The van der Waals surface area contributed by atoms with Gasteiger partial charge in [-0.05, 0) is 66.8 Å². The highest BCUT2D eigenvalue weighted by molar-refractivity contribution is 6.34. The average Bonchev–Trinajstić information content (AvgIpc) is 2.35. The maximum Gasteiger partial charge on any atom is 0.0713 e. The first kappa shape index (κ1) is 15.3. The highest BCUT2D eigenvalue weighted by Crippen LogP contribution is 2.30. The highest BCUT2D eigenvalue weighted by atomic mass is 35.5. The van der Waals surface area contributed by atoms with Crippen LogP contribution in [-0.2, 0) is 0 Å². The summed E-state index contributed by atoms with van der Waals surface area (Å²) in [6.07, 6.45) is 0. The Kier molecular flexibility index (Phi) is 4.71. The third kappa shape index (κ3) is 3.15. The predicted molar refractivity (Wildman–Crippen MR) is 86.3 cm³/mol. The second kappa shape index (κ2) is 6.15. The molecule has 2 aromatic carbocycles. The van der Waals surface area contributed by atoms with Gasteiger partial charge in [0.1, 0.15) is 0 Å². The van der Waals surface area contributed by atoms with E-state index in [0.717, 1.165) is 11.1 Å². The van der Waals surface area contributed by atoms with Gasteiger partial charge in [0.05, 0.1) is 6.04 Å². The Hall–Kier alpha value is -1.06. The van der Waals surface area contributed by atoms with E-state index >= 15 is 0 Å². The van der Waals surface area contributed by atoms with E-state index in [1.807, 2.05) is 12.1 Å². The molecular weight excluding hydrogens is 291 g/mol. The van der Waals surface area contributed by atoms with Crippen LogP contribution in [0.2, 0.25) is 10.0 Å². The number of nitrogens with one attached hydrogen (secondary N) is 1. The topological polar surface area (TPSA) is 38.0 Å². The normalized spacial score (nSPS) is 12.5. The molecule has 0 aliphatic rings. The van der Waals surface area contributed by atoms with Crippen LogP contribution in [0.25, 0.3) is 0 Å². The molecule has 1 unspecified atom stereocenters. The van der Waals surface area contributed by atoms with Crippen LogP contribution < -0.4 is 11.3 Å². The molecule has 106 valence electrons. The van der Waals surface area contributed by atoms with Crippen molar-refractivity contribution in [2.24, 2.45) is 5.84 Å². The van der Waals surface area contributed by atoms with Crippen LogP contribution in [0, 0.1) is 20.8 Å². The van der Waals surface area contributed by atoms with Crippen molar-refractivity contribution in [2.45, 2.75) is 26.8 Å². The SMILES string of the molecule is Cc1cc(C)c(C(NN)c2cc(Cl)cc(Cl)c2)cc1C. The first-order chi connectivity index (χ1) is 9.42. The van der Waals surface area contributed by atoms with Crippen molar-refractivity contribution in [3.8, 4) is 0 Å². The van der Waals surface area contributed by atoms with Crippen molar-refractivity contribution in [2.75, 3.05) is 0 Å². The molecule has 4 heteroatoms. The number of nitrogens with two attached hydrogens (primary N) is 1. The van der Waals surface area contributed by atoms with E-state index in [2.05, 4.69) is 38.3 Å². The lowest BCUT2D eigenvalue weighted by atomic mass is 9.92. The number of rotatable bonds is 3. The van der Waals surface area contributed by atoms with Gasteiger partial charge in [-0.2, -0.15) is 0 Å². The van der Waals surface area contributed by atoms with Crippen molar-refractivity contribution in [3.63, 3.8) is 0 Å². The zero-order valence-corrected chi connectivity index (χ0v) is 13.3.